The highest BCUT2D eigenvalue weighted by Crippen LogP contribution is 2.44. The van der Waals surface area contributed by atoms with E-state index in [-0.39, 0.29) is 0 Å². The predicted molar refractivity (Wildman–Crippen MR) is 46.3 cm³/mol. The van der Waals surface area contributed by atoms with E-state index in [9.17, 15) is 13.2 Å². The second-order valence-corrected chi connectivity index (χ2v) is 3.59. The van der Waals surface area contributed by atoms with Gasteiger partial charge in [0.05, 0.1) is 6.42 Å². The van der Waals surface area contributed by atoms with Crippen molar-refractivity contribution in [1.29, 1.82) is 0 Å². The number of hydrogen-bond donors (Lipinski definition) is 0. The van der Waals surface area contributed by atoms with E-state index in [1.54, 1.807) is 0 Å². The molecule has 0 aliphatic heterocycles. The molecule has 0 aromatic rings. The standard InChI is InChI=1S/C4H12O2Si.C3H3F3/c1-3-5-7-6-4-2;4-2-1-3(2,5)6/h3-4,7H2,1-2H3;2H,1H2. The van der Waals surface area contributed by atoms with Crippen LogP contribution in [0.5, 0.6) is 0 Å². The normalized spacial score (nSPS) is 23.3. The van der Waals surface area contributed by atoms with E-state index in [0.29, 0.717) is 0 Å². The smallest absolute Gasteiger partial charge is 0.304 e. The summed E-state index contributed by atoms with van der Waals surface area (Å²) in [6.07, 6.45) is -2.40. The first kappa shape index (κ1) is 12.9. The summed E-state index contributed by atoms with van der Waals surface area (Å²) in [6.45, 7) is 5.55. The maximum Gasteiger partial charge on any atom is 0.304 e. The second kappa shape index (κ2) is 6.39. The molecular weight excluding hydrogens is 201 g/mol. The molecular formula is C7H15F3O2Si. The fourth-order valence-corrected chi connectivity index (χ4v) is 0.857. The van der Waals surface area contributed by atoms with E-state index in [2.05, 4.69) is 0 Å². The molecule has 0 radical (unpaired) electrons. The molecule has 0 bridgehead atoms. The van der Waals surface area contributed by atoms with Gasteiger partial charge in [0.2, 0.25) is 0 Å². The van der Waals surface area contributed by atoms with E-state index in [0.717, 1.165) is 13.2 Å². The Morgan fingerprint density at radius 3 is 1.77 bits per heavy atom. The van der Waals surface area contributed by atoms with Gasteiger partial charge in [0.15, 0.2) is 6.17 Å². The van der Waals surface area contributed by atoms with Gasteiger partial charge in [0, 0.05) is 13.2 Å². The lowest BCUT2D eigenvalue weighted by Gasteiger charge is -1.96. The average Bonchev–Trinajstić information content (AvgIpc) is 2.59. The van der Waals surface area contributed by atoms with Gasteiger partial charge in [0.1, 0.15) is 0 Å². The lowest BCUT2D eigenvalue weighted by molar-refractivity contribution is 0.0870. The summed E-state index contributed by atoms with van der Waals surface area (Å²) in [5.41, 5.74) is 0. The Balaban J connectivity index is 0.000000223. The van der Waals surface area contributed by atoms with E-state index in [1.165, 1.54) is 0 Å². The van der Waals surface area contributed by atoms with Crippen molar-refractivity contribution in [1.82, 2.24) is 0 Å². The summed E-state index contributed by atoms with van der Waals surface area (Å²) in [6, 6.07) is 0. The van der Waals surface area contributed by atoms with E-state index in [4.69, 9.17) is 8.85 Å². The van der Waals surface area contributed by atoms with Gasteiger partial charge in [-0.25, -0.2) is 13.2 Å². The van der Waals surface area contributed by atoms with Crippen molar-refractivity contribution >= 4 is 10.0 Å². The molecule has 0 saturated heterocycles. The lowest BCUT2D eigenvalue weighted by Crippen LogP contribution is -2.02. The van der Waals surface area contributed by atoms with E-state index < -0.39 is 28.5 Å². The maximum atomic E-state index is 11.2. The number of alkyl halides is 3. The molecule has 1 aliphatic rings. The molecule has 1 atom stereocenters. The Hall–Kier alpha value is -0.0731. The molecule has 13 heavy (non-hydrogen) atoms. The van der Waals surface area contributed by atoms with Gasteiger partial charge in [-0.15, -0.1) is 0 Å². The monoisotopic (exact) mass is 216 g/mol. The molecule has 0 aromatic heterocycles. The van der Waals surface area contributed by atoms with Gasteiger partial charge in [-0.1, -0.05) is 0 Å². The zero-order valence-corrected chi connectivity index (χ0v) is 9.27. The quantitative estimate of drug-likeness (QED) is 0.522. The zero-order chi connectivity index (χ0) is 10.3. The van der Waals surface area contributed by atoms with Crippen molar-refractivity contribution in [3.8, 4) is 0 Å². The lowest BCUT2D eigenvalue weighted by atomic mass is 10.8. The van der Waals surface area contributed by atoms with Crippen LogP contribution in [0.4, 0.5) is 13.2 Å². The van der Waals surface area contributed by atoms with Crippen LogP contribution in [0.1, 0.15) is 20.3 Å². The highest BCUT2D eigenvalue weighted by molar-refractivity contribution is 6.17. The summed E-state index contributed by atoms with van der Waals surface area (Å²) >= 11 is 0. The summed E-state index contributed by atoms with van der Waals surface area (Å²) in [4.78, 5) is 0. The van der Waals surface area contributed by atoms with Crippen LogP contribution >= 0.6 is 0 Å². The number of hydrogen-bond acceptors (Lipinski definition) is 2. The fourth-order valence-electron chi connectivity index (χ4n) is 0.406. The second-order valence-electron chi connectivity index (χ2n) is 2.54. The van der Waals surface area contributed by atoms with Crippen LogP contribution in [0.3, 0.4) is 0 Å². The molecule has 0 heterocycles. The highest BCUT2D eigenvalue weighted by atomic mass is 28.3. The number of rotatable bonds is 4. The molecule has 1 saturated carbocycles. The molecule has 1 rings (SSSR count). The third-order valence-electron chi connectivity index (χ3n) is 1.32. The molecule has 80 valence electrons. The van der Waals surface area contributed by atoms with E-state index in [1.807, 2.05) is 13.8 Å². The first-order valence-electron chi connectivity index (χ1n) is 4.22. The van der Waals surface area contributed by atoms with Crippen molar-refractivity contribution in [2.75, 3.05) is 13.2 Å². The topological polar surface area (TPSA) is 18.5 Å². The minimum absolute atomic E-state index is 0.562. The third kappa shape index (κ3) is 7.03. The maximum absolute atomic E-state index is 11.2. The molecule has 0 aromatic carbocycles. The summed E-state index contributed by atoms with van der Waals surface area (Å²) < 4.78 is 43.4. The molecule has 6 heteroatoms. The van der Waals surface area contributed by atoms with Crippen LogP contribution in [-0.4, -0.2) is 35.3 Å². The van der Waals surface area contributed by atoms with Gasteiger partial charge < -0.3 is 8.85 Å². The first-order valence-corrected chi connectivity index (χ1v) is 5.37. The van der Waals surface area contributed by atoms with Crippen molar-refractivity contribution in [3.63, 3.8) is 0 Å². The SMILES string of the molecule is CCO[SiH2]OCC.FC1CC1(F)F. The Morgan fingerprint density at radius 2 is 1.62 bits per heavy atom. The van der Waals surface area contributed by atoms with Crippen LogP contribution in [0.2, 0.25) is 0 Å². The van der Waals surface area contributed by atoms with Crippen molar-refractivity contribution < 1.29 is 22.0 Å². The molecule has 0 amide bonds. The number of halogens is 3. The largest absolute Gasteiger partial charge is 0.399 e. The summed E-state index contributed by atoms with van der Waals surface area (Å²) in [7, 11) is -0.589. The van der Waals surface area contributed by atoms with Gasteiger partial charge in [-0.2, -0.15) is 0 Å². The minimum atomic E-state index is -2.96. The van der Waals surface area contributed by atoms with Crippen LogP contribution < -0.4 is 0 Å². The van der Waals surface area contributed by atoms with Crippen molar-refractivity contribution in [2.24, 2.45) is 0 Å². The van der Waals surface area contributed by atoms with Gasteiger partial charge >= 0.3 is 10.0 Å². The Kier molecular flexibility index (Phi) is 6.36. The predicted octanol–water partition coefficient (Wildman–Crippen LogP) is 1.42. The molecule has 1 unspecified atom stereocenters. The summed E-state index contributed by atoms with van der Waals surface area (Å²) in [5, 5.41) is 0. The van der Waals surface area contributed by atoms with Crippen molar-refractivity contribution in [2.45, 2.75) is 32.4 Å². The Bertz CT molecular complexity index is 131. The van der Waals surface area contributed by atoms with Crippen LogP contribution in [-0.2, 0) is 8.85 Å². The molecule has 1 aliphatic carbocycles. The molecule has 0 N–H and O–H groups in total. The van der Waals surface area contributed by atoms with Gasteiger partial charge in [-0.3, -0.25) is 0 Å². The van der Waals surface area contributed by atoms with Crippen LogP contribution in [0.25, 0.3) is 0 Å². The van der Waals surface area contributed by atoms with Gasteiger partial charge in [0.25, 0.3) is 5.92 Å². The molecule has 1 fully saturated rings. The first-order chi connectivity index (χ1) is 6.04. The average molecular weight is 216 g/mol. The van der Waals surface area contributed by atoms with Crippen LogP contribution in [0.15, 0.2) is 0 Å². The van der Waals surface area contributed by atoms with E-state index >= 15 is 0 Å². The highest BCUT2D eigenvalue weighted by Gasteiger charge is 2.58. The minimum Gasteiger partial charge on any atom is -0.399 e. The van der Waals surface area contributed by atoms with Crippen molar-refractivity contribution in [3.05, 3.63) is 0 Å². The summed E-state index contributed by atoms with van der Waals surface area (Å²) in [5.74, 6) is -2.96. The molecule has 0 spiro atoms. The Labute approximate surface area is 78.5 Å². The zero-order valence-electron chi connectivity index (χ0n) is 7.86. The third-order valence-corrected chi connectivity index (χ3v) is 2.47. The van der Waals surface area contributed by atoms with Gasteiger partial charge in [-0.05, 0) is 13.8 Å². The molecule has 2 nitrogen and oxygen atoms in total. The fraction of sp³-hybridized carbons (Fsp3) is 1.00. The Morgan fingerprint density at radius 1 is 1.31 bits per heavy atom. The van der Waals surface area contributed by atoms with Crippen LogP contribution in [0, 0.1) is 0 Å².